The molecule has 3 rings (SSSR count). The van der Waals surface area contributed by atoms with Gasteiger partial charge in [0.25, 0.3) is 0 Å². The number of hydrogen-bond donors (Lipinski definition) is 1. The van der Waals surface area contributed by atoms with E-state index in [-0.39, 0.29) is 11.1 Å². The standard InChI is InChI=1S/C17H19NO4S/c1-21-13-6-5-11(9-14(13)22-2)17(7-3-4-8-17)16-18-12(10-23-16)15(19)20/h5-6,9-10H,3-4,7-8H2,1-2H3,(H,19,20). The molecule has 0 unspecified atom stereocenters. The van der Waals surface area contributed by atoms with Crippen molar-refractivity contribution in [3.63, 3.8) is 0 Å². The van der Waals surface area contributed by atoms with Gasteiger partial charge in [-0.2, -0.15) is 0 Å². The number of aromatic nitrogens is 1. The van der Waals surface area contributed by atoms with Crippen LogP contribution in [0.5, 0.6) is 11.5 Å². The molecule has 1 aliphatic rings. The highest BCUT2D eigenvalue weighted by atomic mass is 32.1. The SMILES string of the molecule is COc1ccc(C2(c3nc(C(=O)O)cs3)CCCC2)cc1OC. The highest BCUT2D eigenvalue weighted by Crippen LogP contribution is 2.48. The molecule has 0 spiro atoms. The van der Waals surface area contributed by atoms with Gasteiger partial charge in [-0.15, -0.1) is 11.3 Å². The number of rotatable bonds is 5. The fourth-order valence-corrected chi connectivity index (χ4v) is 4.41. The first-order valence-electron chi connectivity index (χ1n) is 7.52. The van der Waals surface area contributed by atoms with Crippen molar-refractivity contribution in [3.8, 4) is 11.5 Å². The molecule has 122 valence electrons. The summed E-state index contributed by atoms with van der Waals surface area (Å²) in [5, 5.41) is 11.7. The van der Waals surface area contributed by atoms with Crippen molar-refractivity contribution in [2.24, 2.45) is 0 Å². The van der Waals surface area contributed by atoms with Gasteiger partial charge in [-0.25, -0.2) is 9.78 Å². The van der Waals surface area contributed by atoms with Crippen LogP contribution < -0.4 is 9.47 Å². The van der Waals surface area contributed by atoms with Crippen molar-refractivity contribution in [2.45, 2.75) is 31.1 Å². The summed E-state index contributed by atoms with van der Waals surface area (Å²) in [6.45, 7) is 0. The minimum atomic E-state index is -0.979. The molecule has 2 aromatic rings. The lowest BCUT2D eigenvalue weighted by atomic mass is 9.79. The Morgan fingerprint density at radius 2 is 1.91 bits per heavy atom. The molecule has 0 radical (unpaired) electrons. The molecular weight excluding hydrogens is 314 g/mol. The molecule has 0 amide bonds. The summed E-state index contributed by atoms with van der Waals surface area (Å²) in [6, 6.07) is 5.93. The molecule has 0 bridgehead atoms. The number of carbonyl (C=O) groups is 1. The number of benzene rings is 1. The molecule has 1 aliphatic carbocycles. The Labute approximate surface area is 138 Å². The molecule has 1 heterocycles. The number of aromatic carboxylic acids is 1. The van der Waals surface area contributed by atoms with Crippen LogP contribution in [-0.2, 0) is 5.41 Å². The van der Waals surface area contributed by atoms with E-state index >= 15 is 0 Å². The summed E-state index contributed by atoms with van der Waals surface area (Å²) in [5.41, 5.74) is 1.01. The number of ether oxygens (including phenoxy) is 2. The summed E-state index contributed by atoms with van der Waals surface area (Å²) in [5.74, 6) is 0.397. The maximum atomic E-state index is 11.2. The van der Waals surface area contributed by atoms with Gasteiger partial charge in [0, 0.05) is 10.8 Å². The largest absolute Gasteiger partial charge is 0.493 e. The predicted octanol–water partition coefficient (Wildman–Crippen LogP) is 3.72. The molecule has 1 fully saturated rings. The maximum absolute atomic E-state index is 11.2. The minimum absolute atomic E-state index is 0.122. The summed E-state index contributed by atoms with van der Waals surface area (Å²) in [4.78, 5) is 15.5. The van der Waals surface area contributed by atoms with Crippen molar-refractivity contribution in [3.05, 3.63) is 39.8 Å². The Balaban J connectivity index is 2.09. The number of hydrogen-bond acceptors (Lipinski definition) is 5. The van der Waals surface area contributed by atoms with Gasteiger partial charge < -0.3 is 14.6 Å². The van der Waals surface area contributed by atoms with Crippen LogP contribution in [0.3, 0.4) is 0 Å². The average Bonchev–Trinajstić information content (AvgIpc) is 3.23. The monoisotopic (exact) mass is 333 g/mol. The van der Waals surface area contributed by atoms with Crippen molar-refractivity contribution >= 4 is 17.3 Å². The fourth-order valence-electron chi connectivity index (χ4n) is 3.33. The van der Waals surface area contributed by atoms with E-state index in [9.17, 15) is 4.79 Å². The lowest BCUT2D eigenvalue weighted by Gasteiger charge is -2.28. The molecule has 0 atom stereocenters. The Kier molecular flexibility index (Phi) is 4.26. The van der Waals surface area contributed by atoms with Crippen LogP contribution >= 0.6 is 11.3 Å². The first-order chi connectivity index (χ1) is 11.1. The van der Waals surface area contributed by atoms with Crippen LogP contribution in [0.2, 0.25) is 0 Å². The second-order valence-corrected chi connectivity index (χ2v) is 6.56. The Bertz CT molecular complexity index is 719. The van der Waals surface area contributed by atoms with E-state index in [1.54, 1.807) is 19.6 Å². The lowest BCUT2D eigenvalue weighted by Crippen LogP contribution is -2.24. The lowest BCUT2D eigenvalue weighted by molar-refractivity contribution is 0.0691. The first kappa shape index (κ1) is 15.8. The third-order valence-electron chi connectivity index (χ3n) is 4.53. The van der Waals surface area contributed by atoms with E-state index in [1.165, 1.54) is 11.3 Å². The molecule has 1 aromatic heterocycles. The number of carboxylic acid groups (broad SMARTS) is 1. The normalized spacial score (nSPS) is 16.3. The molecule has 5 nitrogen and oxygen atoms in total. The topological polar surface area (TPSA) is 68.7 Å². The van der Waals surface area contributed by atoms with Crippen molar-refractivity contribution in [1.82, 2.24) is 4.98 Å². The molecular formula is C17H19NO4S. The van der Waals surface area contributed by atoms with E-state index in [4.69, 9.17) is 14.6 Å². The van der Waals surface area contributed by atoms with Gasteiger partial charge in [0.15, 0.2) is 17.2 Å². The van der Waals surface area contributed by atoms with Crippen LogP contribution in [0.25, 0.3) is 0 Å². The van der Waals surface area contributed by atoms with Crippen molar-refractivity contribution < 1.29 is 19.4 Å². The van der Waals surface area contributed by atoms with Gasteiger partial charge in [0.1, 0.15) is 5.01 Å². The quantitative estimate of drug-likeness (QED) is 0.903. The first-order valence-corrected chi connectivity index (χ1v) is 8.40. The molecule has 1 N–H and O–H groups in total. The number of nitrogens with zero attached hydrogens (tertiary/aromatic N) is 1. The van der Waals surface area contributed by atoms with Crippen LogP contribution in [0.4, 0.5) is 0 Å². The number of methoxy groups -OCH3 is 2. The molecule has 1 saturated carbocycles. The number of carboxylic acids is 1. The van der Waals surface area contributed by atoms with E-state index in [2.05, 4.69) is 4.98 Å². The minimum Gasteiger partial charge on any atom is -0.493 e. The zero-order chi connectivity index (χ0) is 16.4. The summed E-state index contributed by atoms with van der Waals surface area (Å²) >= 11 is 1.43. The average molecular weight is 333 g/mol. The maximum Gasteiger partial charge on any atom is 0.355 e. The second kappa shape index (κ2) is 6.20. The van der Waals surface area contributed by atoms with Crippen LogP contribution in [-0.4, -0.2) is 30.3 Å². The molecule has 6 heteroatoms. The highest BCUT2D eigenvalue weighted by Gasteiger charge is 2.40. The van der Waals surface area contributed by atoms with Crippen molar-refractivity contribution in [1.29, 1.82) is 0 Å². The fraction of sp³-hybridized carbons (Fsp3) is 0.412. The molecule has 0 aliphatic heterocycles. The zero-order valence-corrected chi connectivity index (χ0v) is 14.0. The predicted molar refractivity (Wildman–Crippen MR) is 87.9 cm³/mol. The Hall–Kier alpha value is -2.08. The second-order valence-electron chi connectivity index (χ2n) is 5.70. The molecule has 1 aromatic carbocycles. The highest BCUT2D eigenvalue weighted by molar-refractivity contribution is 7.10. The summed E-state index contributed by atoms with van der Waals surface area (Å²) in [6.07, 6.45) is 4.15. The third kappa shape index (κ3) is 2.67. The number of thiazole rings is 1. The van der Waals surface area contributed by atoms with E-state index < -0.39 is 5.97 Å². The summed E-state index contributed by atoms with van der Waals surface area (Å²) in [7, 11) is 3.23. The smallest absolute Gasteiger partial charge is 0.355 e. The van der Waals surface area contributed by atoms with Crippen LogP contribution in [0, 0.1) is 0 Å². The van der Waals surface area contributed by atoms with Crippen LogP contribution in [0.15, 0.2) is 23.6 Å². The van der Waals surface area contributed by atoms with Gasteiger partial charge in [0.05, 0.1) is 14.2 Å². The van der Waals surface area contributed by atoms with Gasteiger partial charge >= 0.3 is 5.97 Å². The van der Waals surface area contributed by atoms with Gasteiger partial charge in [0.2, 0.25) is 0 Å². The Morgan fingerprint density at radius 3 is 2.48 bits per heavy atom. The van der Waals surface area contributed by atoms with Gasteiger partial charge in [-0.1, -0.05) is 18.9 Å². The third-order valence-corrected chi connectivity index (χ3v) is 5.57. The summed E-state index contributed by atoms with van der Waals surface area (Å²) < 4.78 is 10.7. The Morgan fingerprint density at radius 1 is 1.22 bits per heavy atom. The van der Waals surface area contributed by atoms with E-state index in [0.29, 0.717) is 11.5 Å². The molecule has 23 heavy (non-hydrogen) atoms. The van der Waals surface area contributed by atoms with Gasteiger partial charge in [-0.3, -0.25) is 0 Å². The van der Waals surface area contributed by atoms with E-state index in [0.717, 1.165) is 36.3 Å². The van der Waals surface area contributed by atoms with E-state index in [1.807, 2.05) is 18.2 Å². The van der Waals surface area contributed by atoms with Gasteiger partial charge in [-0.05, 0) is 30.5 Å². The molecule has 0 saturated heterocycles. The van der Waals surface area contributed by atoms with Crippen LogP contribution in [0.1, 0.15) is 46.7 Å². The zero-order valence-electron chi connectivity index (χ0n) is 13.2. The van der Waals surface area contributed by atoms with Crippen molar-refractivity contribution in [2.75, 3.05) is 14.2 Å².